The molecule has 31 heavy (non-hydrogen) atoms. The van der Waals surface area contributed by atoms with Gasteiger partial charge in [-0.3, -0.25) is 0 Å². The van der Waals surface area contributed by atoms with E-state index >= 15 is 0 Å². The number of anilines is 2. The van der Waals surface area contributed by atoms with Crippen LogP contribution in [0.4, 0.5) is 16.6 Å². The molecule has 1 fully saturated rings. The second kappa shape index (κ2) is 8.26. The van der Waals surface area contributed by atoms with Gasteiger partial charge in [0.25, 0.3) is 0 Å². The summed E-state index contributed by atoms with van der Waals surface area (Å²) in [6, 6.07) is 5.53. The third-order valence-electron chi connectivity index (χ3n) is 5.08. The first kappa shape index (κ1) is 19.9. The first-order valence-electron chi connectivity index (χ1n) is 9.73. The molecule has 0 aliphatic carbocycles. The number of hydrogen-bond acceptors (Lipinski definition) is 9. The highest BCUT2D eigenvalue weighted by Crippen LogP contribution is 2.37. The molecule has 0 bridgehead atoms. The number of likely N-dealkylation sites (tertiary alicyclic amines) is 1. The minimum Gasteiger partial charge on any atom is -0.492 e. The van der Waals surface area contributed by atoms with Gasteiger partial charge < -0.3 is 20.1 Å². The number of thiazole rings is 1. The molecule has 0 saturated carbocycles. The standard InChI is InChI=1S/C21H19ClN6O2S/c1-28-5-4-14(10-28)30-13-2-3-17(16(22)7-13)26-21-27-20(29)18(31-21)6-12-8-24-19-15(12)9-23-11-25-19/h2-3,6-9,11,14,29H,4-5,10H2,1H3,(H,26,27)/b12-6+. The van der Waals surface area contributed by atoms with Crippen molar-refractivity contribution in [3.63, 3.8) is 0 Å². The lowest BCUT2D eigenvalue weighted by atomic mass is 10.1. The van der Waals surface area contributed by atoms with Crippen molar-refractivity contribution in [3.8, 4) is 11.6 Å². The van der Waals surface area contributed by atoms with Crippen molar-refractivity contribution >= 4 is 57.4 Å². The van der Waals surface area contributed by atoms with Crippen molar-refractivity contribution < 1.29 is 9.84 Å². The molecule has 1 aromatic carbocycles. The Balaban J connectivity index is 1.31. The molecule has 2 aliphatic heterocycles. The summed E-state index contributed by atoms with van der Waals surface area (Å²) in [5.41, 5.74) is 2.32. The summed E-state index contributed by atoms with van der Waals surface area (Å²) in [5.74, 6) is 1.28. The fourth-order valence-corrected chi connectivity index (χ4v) is 4.57. The molecule has 0 radical (unpaired) electrons. The maximum Gasteiger partial charge on any atom is 0.231 e. The van der Waals surface area contributed by atoms with Gasteiger partial charge in [-0.15, -0.1) is 0 Å². The van der Waals surface area contributed by atoms with E-state index in [0.29, 0.717) is 26.5 Å². The number of hydrogen-bond donors (Lipinski definition) is 2. The van der Waals surface area contributed by atoms with Crippen LogP contribution in [-0.4, -0.2) is 57.4 Å². The molecular formula is C21H19ClN6O2S. The van der Waals surface area contributed by atoms with Gasteiger partial charge in [0.15, 0.2) is 10.9 Å². The number of rotatable bonds is 5. The molecule has 0 amide bonds. The van der Waals surface area contributed by atoms with E-state index in [2.05, 4.69) is 37.2 Å². The van der Waals surface area contributed by atoms with E-state index in [9.17, 15) is 5.11 Å². The number of aromatic hydroxyl groups is 1. The van der Waals surface area contributed by atoms with E-state index in [1.54, 1.807) is 18.5 Å². The minimum absolute atomic E-state index is 0.0693. The van der Waals surface area contributed by atoms with Crippen LogP contribution in [0.2, 0.25) is 5.02 Å². The zero-order valence-electron chi connectivity index (χ0n) is 16.6. The predicted octanol–water partition coefficient (Wildman–Crippen LogP) is 4.38. The number of ether oxygens (including phenoxy) is 1. The lowest BCUT2D eigenvalue weighted by molar-refractivity contribution is 0.208. The molecule has 0 spiro atoms. The molecule has 8 nitrogen and oxygen atoms in total. The Morgan fingerprint density at radius 1 is 1.39 bits per heavy atom. The largest absolute Gasteiger partial charge is 0.492 e. The third kappa shape index (κ3) is 4.25. The van der Waals surface area contributed by atoms with E-state index in [0.717, 1.165) is 36.4 Å². The van der Waals surface area contributed by atoms with Crippen molar-refractivity contribution in [3.05, 3.63) is 46.2 Å². The highest BCUT2D eigenvalue weighted by Gasteiger charge is 2.21. The number of aromatic nitrogens is 3. The van der Waals surface area contributed by atoms with Crippen LogP contribution in [0.1, 0.15) is 16.9 Å². The average Bonchev–Trinajstić information content (AvgIpc) is 3.44. The molecule has 2 N–H and O–H groups in total. The van der Waals surface area contributed by atoms with Crippen molar-refractivity contribution in [1.29, 1.82) is 0 Å². The highest BCUT2D eigenvalue weighted by atomic mass is 35.5. The van der Waals surface area contributed by atoms with Crippen molar-refractivity contribution in [2.75, 3.05) is 25.5 Å². The second-order valence-corrected chi connectivity index (χ2v) is 8.82. The molecule has 1 atom stereocenters. The molecule has 4 heterocycles. The van der Waals surface area contributed by atoms with Crippen LogP contribution in [-0.2, 0) is 0 Å². The molecule has 5 rings (SSSR count). The van der Waals surface area contributed by atoms with Gasteiger partial charge in [-0.1, -0.05) is 22.9 Å². The Hall–Kier alpha value is -3.01. The average molecular weight is 455 g/mol. The molecule has 1 unspecified atom stereocenters. The number of nitrogens with zero attached hydrogens (tertiary/aromatic N) is 5. The van der Waals surface area contributed by atoms with Gasteiger partial charge in [-0.2, -0.15) is 4.98 Å². The van der Waals surface area contributed by atoms with Gasteiger partial charge in [0.2, 0.25) is 5.88 Å². The lowest BCUT2D eigenvalue weighted by Gasteiger charge is -2.15. The predicted molar refractivity (Wildman–Crippen MR) is 123 cm³/mol. The zero-order valence-corrected chi connectivity index (χ0v) is 18.2. The van der Waals surface area contributed by atoms with Crippen molar-refractivity contribution in [1.82, 2.24) is 19.9 Å². The zero-order chi connectivity index (χ0) is 21.4. The highest BCUT2D eigenvalue weighted by molar-refractivity contribution is 7.16. The van der Waals surface area contributed by atoms with Crippen LogP contribution >= 0.6 is 22.9 Å². The molecule has 10 heteroatoms. The Morgan fingerprint density at radius 2 is 2.29 bits per heavy atom. The Labute approximate surface area is 187 Å². The number of likely N-dealkylation sites (N-methyl/N-ethyl adjacent to an activating group) is 1. The fraction of sp³-hybridized carbons (Fsp3) is 0.238. The van der Waals surface area contributed by atoms with Gasteiger partial charge in [0.1, 0.15) is 18.2 Å². The SMILES string of the molecule is CN1CCC(Oc2ccc(Nc3nc(O)c(/C=C4\C=Nc5ncncc54)s3)c(Cl)c2)C1. The summed E-state index contributed by atoms with van der Waals surface area (Å²) in [6.07, 6.45) is 7.85. The Kier molecular flexibility index (Phi) is 5.31. The van der Waals surface area contributed by atoms with Crippen molar-refractivity contribution in [2.24, 2.45) is 4.99 Å². The van der Waals surface area contributed by atoms with E-state index in [-0.39, 0.29) is 12.0 Å². The second-order valence-electron chi connectivity index (χ2n) is 7.38. The van der Waals surface area contributed by atoms with E-state index in [4.69, 9.17) is 16.3 Å². The van der Waals surface area contributed by atoms with Crippen LogP contribution in [0.5, 0.6) is 11.6 Å². The van der Waals surface area contributed by atoms with E-state index in [1.165, 1.54) is 17.7 Å². The molecular weight excluding hydrogens is 436 g/mol. The summed E-state index contributed by atoms with van der Waals surface area (Å²) in [5, 5.41) is 14.5. The smallest absolute Gasteiger partial charge is 0.231 e. The van der Waals surface area contributed by atoms with Crippen LogP contribution in [0.25, 0.3) is 11.6 Å². The topological polar surface area (TPSA) is 95.8 Å². The summed E-state index contributed by atoms with van der Waals surface area (Å²) in [7, 11) is 2.09. The number of aliphatic imine (C=N–C) groups is 1. The number of nitrogens with one attached hydrogen (secondary N) is 1. The number of fused-ring (bicyclic) bond motifs is 1. The molecule has 2 aliphatic rings. The minimum atomic E-state index is -0.0693. The monoisotopic (exact) mass is 454 g/mol. The fourth-order valence-electron chi connectivity index (χ4n) is 3.53. The van der Waals surface area contributed by atoms with E-state index in [1.807, 2.05) is 18.2 Å². The van der Waals surface area contributed by atoms with Crippen molar-refractivity contribution in [2.45, 2.75) is 12.5 Å². The third-order valence-corrected chi connectivity index (χ3v) is 6.30. The number of halogens is 1. The normalized spacial score (nSPS) is 19.2. The van der Waals surface area contributed by atoms with Gasteiger partial charge in [-0.25, -0.2) is 15.0 Å². The van der Waals surface area contributed by atoms with Crippen LogP contribution < -0.4 is 10.1 Å². The summed E-state index contributed by atoms with van der Waals surface area (Å²) >= 11 is 7.76. The van der Waals surface area contributed by atoms with Crippen LogP contribution in [0.15, 0.2) is 35.7 Å². The summed E-state index contributed by atoms with van der Waals surface area (Å²) in [4.78, 5) is 19.5. The molecule has 1 saturated heterocycles. The van der Waals surface area contributed by atoms with Gasteiger partial charge in [-0.05, 0) is 31.7 Å². The Bertz CT molecular complexity index is 1190. The summed E-state index contributed by atoms with van der Waals surface area (Å²) < 4.78 is 6.02. The van der Waals surface area contributed by atoms with Gasteiger partial charge in [0, 0.05) is 42.7 Å². The van der Waals surface area contributed by atoms with E-state index < -0.39 is 0 Å². The molecule has 158 valence electrons. The van der Waals surface area contributed by atoms with Crippen LogP contribution in [0.3, 0.4) is 0 Å². The first-order chi connectivity index (χ1) is 15.0. The number of benzene rings is 1. The maximum absolute atomic E-state index is 10.3. The number of allylic oxidation sites excluding steroid dienone is 1. The maximum atomic E-state index is 10.3. The molecule has 2 aromatic heterocycles. The Morgan fingerprint density at radius 3 is 3.10 bits per heavy atom. The van der Waals surface area contributed by atoms with Gasteiger partial charge >= 0.3 is 0 Å². The summed E-state index contributed by atoms with van der Waals surface area (Å²) in [6.45, 7) is 1.95. The molecule has 3 aromatic rings. The van der Waals surface area contributed by atoms with Gasteiger partial charge in [0.05, 0.1) is 15.6 Å². The quantitative estimate of drug-likeness (QED) is 0.590. The van der Waals surface area contributed by atoms with Crippen LogP contribution in [0, 0.1) is 0 Å². The first-order valence-corrected chi connectivity index (χ1v) is 10.9. The lowest BCUT2D eigenvalue weighted by Crippen LogP contribution is -2.21.